The van der Waals surface area contributed by atoms with Gasteiger partial charge in [-0.1, -0.05) is 56.2 Å². The Kier molecular flexibility index (Phi) is 5.92. The minimum Gasteiger partial charge on any atom is -0.478 e. The largest absolute Gasteiger partial charge is 0.478 e. The first-order chi connectivity index (χ1) is 11.1. The number of carboxylic acid groups (broad SMARTS) is 1. The van der Waals surface area contributed by atoms with Gasteiger partial charge in [0, 0.05) is 0 Å². The van der Waals surface area contributed by atoms with Gasteiger partial charge in [0.2, 0.25) is 0 Å². The number of carbonyl (C=O) groups is 2. The predicted octanol–water partition coefficient (Wildman–Crippen LogP) is 4.40. The number of aromatic carboxylic acids is 1. The number of ether oxygens (including phenoxy) is 1. The molecule has 0 aliphatic carbocycles. The summed E-state index contributed by atoms with van der Waals surface area (Å²) < 4.78 is 5.16. The molecule has 2 aromatic rings. The molecule has 120 valence electrons. The molecule has 0 bridgehead atoms. The summed E-state index contributed by atoms with van der Waals surface area (Å²) in [5.41, 5.74) is 1.71. The number of hydrogen-bond acceptors (Lipinski definition) is 3. The van der Waals surface area contributed by atoms with Gasteiger partial charge < -0.3 is 9.84 Å². The van der Waals surface area contributed by atoms with Crippen LogP contribution >= 0.6 is 0 Å². The van der Waals surface area contributed by atoms with E-state index in [4.69, 9.17) is 4.74 Å². The molecule has 0 heterocycles. The van der Waals surface area contributed by atoms with Crippen LogP contribution in [0.5, 0.6) is 0 Å². The molecule has 0 amide bonds. The highest BCUT2D eigenvalue weighted by Crippen LogP contribution is 2.23. The highest BCUT2D eigenvalue weighted by atomic mass is 16.5. The number of benzene rings is 2. The van der Waals surface area contributed by atoms with Gasteiger partial charge in [-0.15, -0.1) is 0 Å². The van der Waals surface area contributed by atoms with E-state index in [-0.39, 0.29) is 11.1 Å². The zero-order valence-electron chi connectivity index (χ0n) is 13.1. The van der Waals surface area contributed by atoms with E-state index >= 15 is 0 Å². The number of unbranched alkanes of at least 4 members (excludes halogenated alkanes) is 2. The Morgan fingerprint density at radius 2 is 1.70 bits per heavy atom. The molecule has 0 atom stereocenters. The second-order valence-corrected chi connectivity index (χ2v) is 5.27. The van der Waals surface area contributed by atoms with Crippen LogP contribution in [0.1, 0.15) is 46.9 Å². The molecule has 2 aromatic carbocycles. The van der Waals surface area contributed by atoms with Crippen LogP contribution in [-0.2, 0) is 4.74 Å². The normalized spacial score (nSPS) is 10.3. The molecule has 0 aromatic heterocycles. The number of carbonyl (C=O) groups excluding carboxylic acids is 1. The molecule has 0 saturated heterocycles. The van der Waals surface area contributed by atoms with Crippen molar-refractivity contribution >= 4 is 11.9 Å². The van der Waals surface area contributed by atoms with E-state index in [1.807, 2.05) is 30.3 Å². The average Bonchev–Trinajstić information content (AvgIpc) is 2.58. The Labute approximate surface area is 135 Å². The Hall–Kier alpha value is -2.62. The summed E-state index contributed by atoms with van der Waals surface area (Å²) in [6.07, 6.45) is 2.79. The Morgan fingerprint density at radius 3 is 2.35 bits per heavy atom. The molecule has 4 heteroatoms. The van der Waals surface area contributed by atoms with Crippen LogP contribution in [0.25, 0.3) is 11.1 Å². The molecule has 1 N–H and O–H groups in total. The Balaban J connectivity index is 2.23. The quantitative estimate of drug-likeness (QED) is 0.608. The van der Waals surface area contributed by atoms with Crippen LogP contribution in [0, 0.1) is 0 Å². The van der Waals surface area contributed by atoms with E-state index in [1.165, 1.54) is 12.1 Å². The van der Waals surface area contributed by atoms with Crippen molar-refractivity contribution in [3.05, 3.63) is 59.7 Å². The lowest BCUT2D eigenvalue weighted by atomic mass is 9.99. The van der Waals surface area contributed by atoms with Crippen molar-refractivity contribution in [2.24, 2.45) is 0 Å². The fraction of sp³-hybridized carbons (Fsp3) is 0.263. The first kappa shape index (κ1) is 16.7. The number of carboxylic acids is 1. The maximum atomic E-state index is 12.1. The lowest BCUT2D eigenvalue weighted by Gasteiger charge is -2.09. The molecule has 0 unspecified atom stereocenters. The smallest absolute Gasteiger partial charge is 0.339 e. The molecular formula is C19H20O4. The molecule has 0 spiro atoms. The third-order valence-corrected chi connectivity index (χ3v) is 3.56. The summed E-state index contributed by atoms with van der Waals surface area (Å²) in [7, 11) is 0. The van der Waals surface area contributed by atoms with E-state index < -0.39 is 11.9 Å². The van der Waals surface area contributed by atoms with Gasteiger partial charge in [0.15, 0.2) is 0 Å². The molecule has 0 fully saturated rings. The number of esters is 1. The van der Waals surface area contributed by atoms with Crippen LogP contribution in [0.2, 0.25) is 0 Å². The van der Waals surface area contributed by atoms with Crippen molar-refractivity contribution in [2.45, 2.75) is 26.2 Å². The van der Waals surface area contributed by atoms with Crippen molar-refractivity contribution in [1.29, 1.82) is 0 Å². The van der Waals surface area contributed by atoms with Crippen LogP contribution in [0.3, 0.4) is 0 Å². The molecule has 0 aliphatic heterocycles. The molecule has 0 saturated carbocycles. The first-order valence-electron chi connectivity index (χ1n) is 7.73. The molecule has 0 aliphatic rings. The SMILES string of the molecule is CCCCCOC(=O)c1ccc(-c2ccccc2)cc1C(=O)O. The van der Waals surface area contributed by atoms with Gasteiger partial charge >= 0.3 is 11.9 Å². The second-order valence-electron chi connectivity index (χ2n) is 5.27. The number of rotatable bonds is 7. The third-order valence-electron chi connectivity index (χ3n) is 3.56. The van der Waals surface area contributed by atoms with E-state index in [9.17, 15) is 14.7 Å². The summed E-state index contributed by atoms with van der Waals surface area (Å²) >= 11 is 0. The topological polar surface area (TPSA) is 63.6 Å². The van der Waals surface area contributed by atoms with Crippen molar-refractivity contribution in [3.8, 4) is 11.1 Å². The van der Waals surface area contributed by atoms with Crippen molar-refractivity contribution in [3.63, 3.8) is 0 Å². The lowest BCUT2D eigenvalue weighted by molar-refractivity contribution is 0.0488. The minimum atomic E-state index is -1.14. The van der Waals surface area contributed by atoms with Crippen molar-refractivity contribution < 1.29 is 19.4 Å². The van der Waals surface area contributed by atoms with Gasteiger partial charge in [0.05, 0.1) is 17.7 Å². The fourth-order valence-electron chi connectivity index (χ4n) is 2.30. The maximum absolute atomic E-state index is 12.1. The standard InChI is InChI=1S/C19H20O4/c1-2-3-7-12-23-19(22)16-11-10-15(13-17(16)18(20)21)14-8-5-4-6-9-14/h4-6,8-11,13H,2-3,7,12H2,1H3,(H,20,21). The molecular weight excluding hydrogens is 292 g/mol. The van der Waals surface area contributed by atoms with E-state index in [2.05, 4.69) is 6.92 Å². The van der Waals surface area contributed by atoms with E-state index in [0.717, 1.165) is 30.4 Å². The fourth-order valence-corrected chi connectivity index (χ4v) is 2.30. The monoisotopic (exact) mass is 312 g/mol. The van der Waals surface area contributed by atoms with Gasteiger partial charge in [0.25, 0.3) is 0 Å². The van der Waals surface area contributed by atoms with Gasteiger partial charge in [-0.05, 0) is 29.7 Å². The highest BCUT2D eigenvalue weighted by molar-refractivity contribution is 6.03. The molecule has 23 heavy (non-hydrogen) atoms. The van der Waals surface area contributed by atoms with Crippen molar-refractivity contribution in [2.75, 3.05) is 6.61 Å². The summed E-state index contributed by atoms with van der Waals surface area (Å²) in [5, 5.41) is 9.39. The van der Waals surface area contributed by atoms with Crippen molar-refractivity contribution in [1.82, 2.24) is 0 Å². The summed E-state index contributed by atoms with van der Waals surface area (Å²) in [5.74, 6) is -1.72. The van der Waals surface area contributed by atoms with Crippen LogP contribution in [0.15, 0.2) is 48.5 Å². The van der Waals surface area contributed by atoms with Gasteiger partial charge in [-0.2, -0.15) is 0 Å². The lowest BCUT2D eigenvalue weighted by Crippen LogP contribution is -2.12. The first-order valence-corrected chi connectivity index (χ1v) is 7.73. The van der Waals surface area contributed by atoms with Crippen LogP contribution in [-0.4, -0.2) is 23.7 Å². The Bertz CT molecular complexity index is 677. The van der Waals surface area contributed by atoms with Crippen LogP contribution < -0.4 is 0 Å². The summed E-state index contributed by atoms with van der Waals surface area (Å²) in [6, 6.07) is 14.2. The molecule has 0 radical (unpaired) electrons. The minimum absolute atomic E-state index is 0.0353. The van der Waals surface area contributed by atoms with E-state index in [1.54, 1.807) is 6.07 Å². The maximum Gasteiger partial charge on any atom is 0.339 e. The third kappa shape index (κ3) is 4.42. The molecule has 2 rings (SSSR count). The zero-order chi connectivity index (χ0) is 16.7. The molecule has 4 nitrogen and oxygen atoms in total. The van der Waals surface area contributed by atoms with Crippen LogP contribution in [0.4, 0.5) is 0 Å². The predicted molar refractivity (Wildman–Crippen MR) is 88.6 cm³/mol. The number of hydrogen-bond donors (Lipinski definition) is 1. The summed E-state index contributed by atoms with van der Waals surface area (Å²) in [6.45, 7) is 2.37. The zero-order valence-corrected chi connectivity index (χ0v) is 13.1. The van der Waals surface area contributed by atoms with E-state index in [0.29, 0.717) is 6.61 Å². The van der Waals surface area contributed by atoms with Gasteiger partial charge in [-0.3, -0.25) is 0 Å². The Morgan fingerprint density at radius 1 is 0.957 bits per heavy atom. The van der Waals surface area contributed by atoms with Gasteiger partial charge in [-0.25, -0.2) is 9.59 Å². The average molecular weight is 312 g/mol. The highest BCUT2D eigenvalue weighted by Gasteiger charge is 2.18. The second kappa shape index (κ2) is 8.13. The summed E-state index contributed by atoms with van der Waals surface area (Å²) in [4.78, 5) is 23.6. The van der Waals surface area contributed by atoms with Gasteiger partial charge in [0.1, 0.15) is 0 Å².